The monoisotopic (exact) mass is 289 g/mol. The van der Waals surface area contributed by atoms with Crippen LogP contribution in [0.3, 0.4) is 0 Å². The van der Waals surface area contributed by atoms with Crippen molar-refractivity contribution in [2.24, 2.45) is 0 Å². The van der Waals surface area contributed by atoms with Gasteiger partial charge in [-0.1, -0.05) is 17.3 Å². The highest BCUT2D eigenvalue weighted by molar-refractivity contribution is 5.90. The molecule has 2 rings (SSSR count). The van der Waals surface area contributed by atoms with E-state index in [9.17, 15) is 4.79 Å². The highest BCUT2D eigenvalue weighted by Crippen LogP contribution is 2.18. The summed E-state index contributed by atoms with van der Waals surface area (Å²) in [6, 6.07) is 7.46. The molecule has 0 saturated carbocycles. The van der Waals surface area contributed by atoms with Crippen LogP contribution in [0.1, 0.15) is 17.0 Å². The Bertz CT molecular complexity index is 603. The first-order chi connectivity index (χ1) is 10.1. The van der Waals surface area contributed by atoms with Crippen molar-refractivity contribution >= 4 is 11.7 Å². The average molecular weight is 289 g/mol. The molecular weight excluding hydrogens is 270 g/mol. The van der Waals surface area contributed by atoms with Crippen molar-refractivity contribution in [2.45, 2.75) is 20.8 Å². The second-order valence-electron chi connectivity index (χ2n) is 4.75. The Hall–Kier alpha value is -2.50. The number of ether oxygens (including phenoxy) is 1. The van der Waals surface area contributed by atoms with Crippen molar-refractivity contribution in [1.29, 1.82) is 0 Å². The largest absolute Gasteiger partial charge is 0.492 e. The van der Waals surface area contributed by atoms with Gasteiger partial charge in [-0.05, 0) is 38.5 Å². The summed E-state index contributed by atoms with van der Waals surface area (Å²) in [7, 11) is 0. The molecule has 6 heteroatoms. The van der Waals surface area contributed by atoms with Crippen molar-refractivity contribution in [1.82, 2.24) is 10.5 Å². The molecule has 0 spiro atoms. The molecule has 2 N–H and O–H groups in total. The van der Waals surface area contributed by atoms with Gasteiger partial charge >= 0.3 is 6.03 Å². The number of benzene rings is 1. The number of nitrogens with zero attached hydrogens (tertiary/aromatic N) is 1. The number of aromatic nitrogens is 1. The standard InChI is InChI=1S/C15H19N3O3/c1-10-5-4-6-13(9-10)20-8-7-16-15(19)17-14-11(2)18-21-12(14)3/h4-6,9H,7-8H2,1-3H3,(H2,16,17,19). The number of aryl methyl sites for hydroxylation is 3. The first kappa shape index (κ1) is 14.9. The quantitative estimate of drug-likeness (QED) is 0.830. The molecule has 0 saturated heterocycles. The third kappa shape index (κ3) is 4.24. The zero-order chi connectivity index (χ0) is 15.2. The number of amides is 2. The number of nitrogens with one attached hydrogen (secondary N) is 2. The summed E-state index contributed by atoms with van der Waals surface area (Å²) >= 11 is 0. The van der Waals surface area contributed by atoms with E-state index in [1.54, 1.807) is 13.8 Å². The van der Waals surface area contributed by atoms with E-state index in [0.717, 1.165) is 11.3 Å². The van der Waals surface area contributed by atoms with E-state index in [0.29, 0.717) is 30.3 Å². The molecule has 0 fully saturated rings. The van der Waals surface area contributed by atoms with Gasteiger partial charge in [0.15, 0.2) is 5.76 Å². The Morgan fingerprint density at radius 1 is 1.33 bits per heavy atom. The summed E-state index contributed by atoms with van der Waals surface area (Å²) in [4.78, 5) is 11.7. The number of urea groups is 1. The molecule has 1 heterocycles. The van der Waals surface area contributed by atoms with Crippen molar-refractivity contribution < 1.29 is 14.1 Å². The normalized spacial score (nSPS) is 10.2. The van der Waals surface area contributed by atoms with E-state index in [2.05, 4.69) is 15.8 Å². The first-order valence-corrected chi connectivity index (χ1v) is 6.73. The molecule has 0 unspecified atom stereocenters. The molecule has 6 nitrogen and oxygen atoms in total. The molecule has 0 radical (unpaired) electrons. The molecular formula is C15H19N3O3. The number of anilines is 1. The first-order valence-electron chi connectivity index (χ1n) is 6.73. The highest BCUT2D eigenvalue weighted by Gasteiger charge is 2.11. The number of hydrogen-bond acceptors (Lipinski definition) is 4. The van der Waals surface area contributed by atoms with Crippen LogP contribution >= 0.6 is 0 Å². The third-order valence-electron chi connectivity index (χ3n) is 2.92. The molecule has 0 aliphatic rings. The minimum absolute atomic E-state index is 0.308. The van der Waals surface area contributed by atoms with Crippen LogP contribution in [0.5, 0.6) is 5.75 Å². The van der Waals surface area contributed by atoms with E-state index in [-0.39, 0.29) is 6.03 Å². The zero-order valence-corrected chi connectivity index (χ0v) is 12.4. The van der Waals surface area contributed by atoms with Gasteiger partial charge in [-0.25, -0.2) is 4.79 Å². The van der Waals surface area contributed by atoms with E-state index < -0.39 is 0 Å². The van der Waals surface area contributed by atoms with Crippen LogP contribution < -0.4 is 15.4 Å². The molecule has 2 aromatic rings. The van der Waals surface area contributed by atoms with Gasteiger partial charge in [-0.3, -0.25) is 0 Å². The van der Waals surface area contributed by atoms with Crippen molar-refractivity contribution in [3.05, 3.63) is 41.3 Å². The van der Waals surface area contributed by atoms with Crippen LogP contribution in [-0.2, 0) is 0 Å². The Morgan fingerprint density at radius 3 is 2.81 bits per heavy atom. The summed E-state index contributed by atoms with van der Waals surface area (Å²) in [5.41, 5.74) is 2.39. The molecule has 0 atom stereocenters. The Kier molecular flexibility index (Phi) is 4.81. The summed E-state index contributed by atoms with van der Waals surface area (Å²) in [5, 5.41) is 9.19. The maximum Gasteiger partial charge on any atom is 0.319 e. The number of rotatable bonds is 5. The zero-order valence-electron chi connectivity index (χ0n) is 12.4. The second kappa shape index (κ2) is 6.78. The van der Waals surface area contributed by atoms with Crippen LogP contribution in [0.15, 0.2) is 28.8 Å². The third-order valence-corrected chi connectivity index (χ3v) is 2.92. The number of carbonyl (C=O) groups is 1. The van der Waals surface area contributed by atoms with Gasteiger partial charge in [0.25, 0.3) is 0 Å². The predicted octanol–water partition coefficient (Wildman–Crippen LogP) is 2.80. The minimum Gasteiger partial charge on any atom is -0.492 e. The van der Waals surface area contributed by atoms with Crippen molar-refractivity contribution in [3.8, 4) is 5.75 Å². The average Bonchev–Trinajstić information content (AvgIpc) is 2.76. The van der Waals surface area contributed by atoms with Gasteiger partial charge in [-0.15, -0.1) is 0 Å². The fraction of sp³-hybridized carbons (Fsp3) is 0.333. The smallest absolute Gasteiger partial charge is 0.319 e. The fourth-order valence-corrected chi connectivity index (χ4v) is 1.86. The molecule has 2 amide bonds. The summed E-state index contributed by atoms with van der Waals surface area (Å²) < 4.78 is 10.5. The maximum atomic E-state index is 11.7. The van der Waals surface area contributed by atoms with Gasteiger partial charge in [0.05, 0.1) is 6.54 Å². The predicted molar refractivity (Wildman–Crippen MR) is 79.7 cm³/mol. The lowest BCUT2D eigenvalue weighted by atomic mass is 10.2. The Morgan fingerprint density at radius 2 is 2.14 bits per heavy atom. The van der Waals surface area contributed by atoms with Crippen LogP contribution in [0.25, 0.3) is 0 Å². The summed E-state index contributed by atoms with van der Waals surface area (Å²) in [6.07, 6.45) is 0. The highest BCUT2D eigenvalue weighted by atomic mass is 16.5. The SMILES string of the molecule is Cc1cccc(OCCNC(=O)Nc2c(C)noc2C)c1. The lowest BCUT2D eigenvalue weighted by molar-refractivity contribution is 0.247. The lowest BCUT2D eigenvalue weighted by Gasteiger charge is -2.09. The maximum absolute atomic E-state index is 11.7. The van der Waals surface area contributed by atoms with Gasteiger partial charge in [0.2, 0.25) is 0 Å². The van der Waals surface area contributed by atoms with Crippen LogP contribution in [0, 0.1) is 20.8 Å². The lowest BCUT2D eigenvalue weighted by Crippen LogP contribution is -2.32. The van der Waals surface area contributed by atoms with Gasteiger partial charge in [0, 0.05) is 0 Å². The Labute approximate surface area is 123 Å². The molecule has 0 aliphatic carbocycles. The van der Waals surface area contributed by atoms with Gasteiger partial charge in [-0.2, -0.15) is 0 Å². The molecule has 21 heavy (non-hydrogen) atoms. The molecule has 0 aliphatic heterocycles. The second-order valence-corrected chi connectivity index (χ2v) is 4.75. The molecule has 112 valence electrons. The van der Waals surface area contributed by atoms with Gasteiger partial charge < -0.3 is 19.9 Å². The van der Waals surface area contributed by atoms with E-state index in [1.165, 1.54) is 0 Å². The minimum atomic E-state index is -0.308. The van der Waals surface area contributed by atoms with Crippen LogP contribution in [0.4, 0.5) is 10.5 Å². The topological polar surface area (TPSA) is 76.4 Å². The number of carbonyl (C=O) groups excluding carboxylic acids is 1. The van der Waals surface area contributed by atoms with Crippen molar-refractivity contribution in [2.75, 3.05) is 18.5 Å². The van der Waals surface area contributed by atoms with Crippen LogP contribution in [0.2, 0.25) is 0 Å². The molecule has 1 aromatic heterocycles. The van der Waals surface area contributed by atoms with Crippen LogP contribution in [-0.4, -0.2) is 24.3 Å². The van der Waals surface area contributed by atoms with Crippen molar-refractivity contribution in [3.63, 3.8) is 0 Å². The fourth-order valence-electron chi connectivity index (χ4n) is 1.86. The Balaban J connectivity index is 1.72. The molecule has 0 bridgehead atoms. The van der Waals surface area contributed by atoms with E-state index >= 15 is 0 Å². The van der Waals surface area contributed by atoms with Gasteiger partial charge in [0.1, 0.15) is 23.7 Å². The number of hydrogen-bond donors (Lipinski definition) is 2. The summed E-state index contributed by atoms with van der Waals surface area (Å²) in [5.74, 6) is 1.38. The van der Waals surface area contributed by atoms with E-state index in [4.69, 9.17) is 9.26 Å². The van der Waals surface area contributed by atoms with E-state index in [1.807, 2.05) is 31.2 Å². The summed E-state index contributed by atoms with van der Waals surface area (Å²) in [6.45, 7) is 6.33. The molecule has 1 aromatic carbocycles.